The van der Waals surface area contributed by atoms with Gasteiger partial charge in [-0.05, 0) is 43.0 Å². The molecule has 31 heavy (non-hydrogen) atoms. The lowest BCUT2D eigenvalue weighted by molar-refractivity contribution is -0.143. The third-order valence-electron chi connectivity index (χ3n) is 4.44. The minimum atomic E-state index is -5.12. The van der Waals surface area contributed by atoms with Crippen molar-refractivity contribution in [3.05, 3.63) is 50.9 Å². The van der Waals surface area contributed by atoms with Crippen molar-refractivity contribution in [3.63, 3.8) is 0 Å². The zero-order chi connectivity index (χ0) is 23.0. The second-order valence-corrected chi connectivity index (χ2v) is 7.70. The second kappa shape index (κ2) is 8.22. The summed E-state index contributed by atoms with van der Waals surface area (Å²) in [7, 11) is 0. The number of thiophene rings is 1. The number of carbonyl (C=O) groups excluding carboxylic acids is 2. The van der Waals surface area contributed by atoms with E-state index in [1.165, 1.54) is 11.3 Å². The first-order valence-electron chi connectivity index (χ1n) is 8.71. The van der Waals surface area contributed by atoms with Gasteiger partial charge in [0.05, 0.1) is 22.3 Å². The lowest BCUT2D eigenvalue weighted by atomic mass is 10.0. The average molecular weight is 462 g/mol. The molecule has 2 aromatic rings. The molecule has 1 aromatic heterocycles. The maximum absolute atomic E-state index is 12.9. The quantitative estimate of drug-likeness (QED) is 0.516. The molecular formula is C19H12F6N2O3S. The van der Waals surface area contributed by atoms with E-state index in [-0.39, 0.29) is 23.2 Å². The summed E-state index contributed by atoms with van der Waals surface area (Å²) in [5, 5.41) is 11.9. The van der Waals surface area contributed by atoms with Gasteiger partial charge in [-0.25, -0.2) is 4.79 Å². The van der Waals surface area contributed by atoms with Crippen LogP contribution < -0.4 is 5.32 Å². The third-order valence-corrected chi connectivity index (χ3v) is 5.65. The van der Waals surface area contributed by atoms with Crippen molar-refractivity contribution in [2.24, 2.45) is 0 Å². The van der Waals surface area contributed by atoms with Crippen LogP contribution in [0.2, 0.25) is 0 Å². The Bertz CT molecular complexity index is 1050. The van der Waals surface area contributed by atoms with Gasteiger partial charge in [0, 0.05) is 4.88 Å². The highest BCUT2D eigenvalue weighted by Gasteiger charge is 2.37. The topological polar surface area (TPSA) is 79.2 Å². The SMILES string of the molecule is N#Cc1c(NC(=O)COC(=O)c2cc(C(F)(F)F)cc(C(F)(F)F)c2)sc2c1CCC2. The number of esters is 1. The molecule has 0 fully saturated rings. The Kier molecular flexibility index (Phi) is 6.00. The van der Waals surface area contributed by atoms with Crippen molar-refractivity contribution in [2.45, 2.75) is 31.6 Å². The number of halogens is 6. The molecule has 1 aliphatic rings. The van der Waals surface area contributed by atoms with E-state index in [0.29, 0.717) is 12.0 Å². The number of nitrogens with zero attached hydrogens (tertiary/aromatic N) is 1. The van der Waals surface area contributed by atoms with E-state index in [0.717, 1.165) is 23.3 Å². The minimum absolute atomic E-state index is 0.122. The molecule has 1 aliphatic carbocycles. The van der Waals surface area contributed by atoms with Crippen molar-refractivity contribution in [1.82, 2.24) is 0 Å². The summed E-state index contributed by atoms with van der Waals surface area (Å²) in [5.41, 5.74) is -3.22. The molecule has 1 N–H and O–H groups in total. The number of ether oxygens (including phenoxy) is 1. The number of benzene rings is 1. The van der Waals surface area contributed by atoms with Gasteiger partial charge in [0.25, 0.3) is 5.91 Å². The zero-order valence-electron chi connectivity index (χ0n) is 15.4. The molecule has 5 nitrogen and oxygen atoms in total. The van der Waals surface area contributed by atoms with Crippen LogP contribution in [0.25, 0.3) is 0 Å². The zero-order valence-corrected chi connectivity index (χ0v) is 16.2. The van der Waals surface area contributed by atoms with Crippen LogP contribution in [0.1, 0.15) is 43.9 Å². The van der Waals surface area contributed by atoms with Crippen LogP contribution in [0.3, 0.4) is 0 Å². The monoisotopic (exact) mass is 462 g/mol. The molecule has 0 unspecified atom stereocenters. The van der Waals surface area contributed by atoms with Crippen molar-refractivity contribution >= 4 is 28.2 Å². The molecule has 1 heterocycles. The number of nitrogens with one attached hydrogen (secondary N) is 1. The lowest BCUT2D eigenvalue weighted by Crippen LogP contribution is -2.21. The first kappa shape index (κ1) is 22.6. The number of alkyl halides is 6. The fourth-order valence-corrected chi connectivity index (χ4v) is 4.32. The maximum Gasteiger partial charge on any atom is 0.416 e. The van der Waals surface area contributed by atoms with Crippen LogP contribution in [0.5, 0.6) is 0 Å². The number of amides is 1. The van der Waals surface area contributed by atoms with Gasteiger partial charge in [-0.15, -0.1) is 11.3 Å². The summed E-state index contributed by atoms with van der Waals surface area (Å²) in [6.07, 6.45) is -7.91. The predicted octanol–water partition coefficient (Wildman–Crippen LogP) is 4.94. The van der Waals surface area contributed by atoms with E-state index in [1.807, 2.05) is 6.07 Å². The van der Waals surface area contributed by atoms with Gasteiger partial charge in [-0.3, -0.25) is 4.79 Å². The van der Waals surface area contributed by atoms with E-state index in [4.69, 9.17) is 0 Å². The fraction of sp³-hybridized carbons (Fsp3) is 0.316. The lowest BCUT2D eigenvalue weighted by Gasteiger charge is -2.13. The average Bonchev–Trinajstić information content (AvgIpc) is 3.25. The normalized spacial score (nSPS) is 13.5. The molecule has 0 atom stereocenters. The number of anilines is 1. The van der Waals surface area contributed by atoms with Gasteiger partial charge < -0.3 is 10.1 Å². The standard InChI is InChI=1S/C19H12F6N2O3S/c20-18(21,22)10-4-9(5-11(6-10)19(23,24)25)17(29)30-8-15(28)27-16-13(7-26)12-2-1-3-14(12)31-16/h4-6H,1-3,8H2,(H,27,28). The Hall–Kier alpha value is -3.07. The molecular weight excluding hydrogens is 450 g/mol. The number of aryl methyl sites for hydroxylation is 1. The molecule has 1 amide bonds. The van der Waals surface area contributed by atoms with Gasteiger partial charge in [0.1, 0.15) is 11.1 Å². The van der Waals surface area contributed by atoms with Crippen LogP contribution in [0, 0.1) is 11.3 Å². The van der Waals surface area contributed by atoms with Crippen LogP contribution in [0.4, 0.5) is 31.3 Å². The summed E-state index contributed by atoms with van der Waals surface area (Å²) >= 11 is 1.20. The molecule has 0 aliphatic heterocycles. The molecule has 0 spiro atoms. The molecule has 3 rings (SSSR count). The largest absolute Gasteiger partial charge is 0.452 e. The molecule has 0 saturated carbocycles. The number of fused-ring (bicyclic) bond motifs is 1. The van der Waals surface area contributed by atoms with Crippen LogP contribution in [-0.4, -0.2) is 18.5 Å². The number of nitriles is 1. The summed E-state index contributed by atoms with van der Waals surface area (Å²) in [6, 6.07) is 2.30. The Labute approximate surface area is 175 Å². The fourth-order valence-electron chi connectivity index (χ4n) is 3.06. The second-order valence-electron chi connectivity index (χ2n) is 6.59. The minimum Gasteiger partial charge on any atom is -0.452 e. The van der Waals surface area contributed by atoms with Crippen LogP contribution in [0.15, 0.2) is 18.2 Å². The molecule has 12 heteroatoms. The summed E-state index contributed by atoms with van der Waals surface area (Å²) in [5.74, 6) is -2.41. The van der Waals surface area contributed by atoms with Gasteiger partial charge in [0.2, 0.25) is 0 Å². The number of carbonyl (C=O) groups is 2. The van der Waals surface area contributed by atoms with E-state index < -0.39 is 47.5 Å². The van der Waals surface area contributed by atoms with Crippen molar-refractivity contribution in [1.29, 1.82) is 5.26 Å². The van der Waals surface area contributed by atoms with Crippen molar-refractivity contribution in [2.75, 3.05) is 11.9 Å². The number of hydrogen-bond donors (Lipinski definition) is 1. The predicted molar refractivity (Wildman–Crippen MR) is 96.4 cm³/mol. The first-order chi connectivity index (χ1) is 14.4. The van der Waals surface area contributed by atoms with E-state index in [1.54, 1.807) is 0 Å². The maximum atomic E-state index is 12.9. The van der Waals surface area contributed by atoms with Crippen molar-refractivity contribution < 1.29 is 40.7 Å². The summed E-state index contributed by atoms with van der Waals surface area (Å²) in [6.45, 7) is -0.954. The first-order valence-corrected chi connectivity index (χ1v) is 9.53. The summed E-state index contributed by atoms with van der Waals surface area (Å²) < 4.78 is 81.9. The molecule has 164 valence electrons. The van der Waals surface area contributed by atoms with Crippen molar-refractivity contribution in [3.8, 4) is 6.07 Å². The smallest absolute Gasteiger partial charge is 0.416 e. The Morgan fingerprint density at radius 2 is 1.68 bits per heavy atom. The molecule has 0 bridgehead atoms. The third kappa shape index (κ3) is 4.99. The Balaban J connectivity index is 1.72. The number of hydrogen-bond acceptors (Lipinski definition) is 5. The Morgan fingerprint density at radius 3 is 2.23 bits per heavy atom. The van der Waals surface area contributed by atoms with E-state index in [9.17, 15) is 41.2 Å². The van der Waals surface area contributed by atoms with Gasteiger partial charge in [-0.2, -0.15) is 31.6 Å². The highest BCUT2D eigenvalue weighted by molar-refractivity contribution is 7.16. The van der Waals surface area contributed by atoms with Gasteiger partial charge >= 0.3 is 18.3 Å². The van der Waals surface area contributed by atoms with E-state index in [2.05, 4.69) is 10.1 Å². The molecule has 1 aromatic carbocycles. The highest BCUT2D eigenvalue weighted by atomic mass is 32.1. The Morgan fingerprint density at radius 1 is 1.06 bits per heavy atom. The molecule has 0 saturated heterocycles. The van der Waals surface area contributed by atoms with Gasteiger partial charge in [-0.1, -0.05) is 0 Å². The van der Waals surface area contributed by atoms with Crippen LogP contribution >= 0.6 is 11.3 Å². The molecule has 0 radical (unpaired) electrons. The van der Waals surface area contributed by atoms with E-state index >= 15 is 0 Å². The van der Waals surface area contributed by atoms with Gasteiger partial charge in [0.15, 0.2) is 6.61 Å². The highest BCUT2D eigenvalue weighted by Crippen LogP contribution is 2.39. The summed E-state index contributed by atoms with van der Waals surface area (Å²) in [4.78, 5) is 25.0. The van der Waals surface area contributed by atoms with Crippen LogP contribution in [-0.2, 0) is 34.7 Å². The number of rotatable bonds is 4.